The molecule has 146 valence electrons. The molecule has 0 aliphatic rings. The van der Waals surface area contributed by atoms with Crippen LogP contribution in [0.2, 0.25) is 0 Å². The molecule has 0 unspecified atom stereocenters. The van der Waals surface area contributed by atoms with E-state index in [1.165, 1.54) is 7.05 Å². The predicted octanol–water partition coefficient (Wildman–Crippen LogP) is 2.38. The van der Waals surface area contributed by atoms with E-state index in [9.17, 15) is 13.2 Å². The monoisotopic (exact) mass is 390 g/mol. The molecule has 1 amide bonds. The highest BCUT2D eigenvalue weighted by atomic mass is 32.2. The highest BCUT2D eigenvalue weighted by Crippen LogP contribution is 2.22. The summed E-state index contributed by atoms with van der Waals surface area (Å²) in [5.41, 5.74) is 1.79. The van der Waals surface area contributed by atoms with E-state index in [1.54, 1.807) is 31.4 Å². The topological polar surface area (TPSA) is 75.7 Å². The van der Waals surface area contributed by atoms with E-state index in [4.69, 9.17) is 4.74 Å². The molecule has 2 rings (SSSR count). The van der Waals surface area contributed by atoms with Gasteiger partial charge in [0, 0.05) is 13.6 Å². The average Bonchev–Trinajstić information content (AvgIpc) is 2.66. The van der Waals surface area contributed by atoms with Crippen LogP contribution in [-0.4, -0.2) is 45.6 Å². The van der Waals surface area contributed by atoms with Crippen molar-refractivity contribution in [2.45, 2.75) is 18.9 Å². The lowest BCUT2D eigenvalue weighted by molar-refractivity contribution is -0.124. The average molecular weight is 391 g/mol. The Morgan fingerprint density at radius 2 is 1.74 bits per heavy atom. The van der Waals surface area contributed by atoms with Crippen LogP contribution in [0.5, 0.6) is 5.75 Å². The molecule has 0 radical (unpaired) electrons. The minimum Gasteiger partial charge on any atom is -0.497 e. The zero-order valence-electron chi connectivity index (χ0n) is 15.9. The first-order chi connectivity index (χ1) is 12.8. The second-order valence-corrected chi connectivity index (χ2v) is 8.38. The van der Waals surface area contributed by atoms with Crippen LogP contribution in [0.1, 0.15) is 23.6 Å². The van der Waals surface area contributed by atoms with Gasteiger partial charge in [-0.1, -0.05) is 42.5 Å². The summed E-state index contributed by atoms with van der Waals surface area (Å²) in [4.78, 5) is 12.7. The number of likely N-dealkylation sites (N-methyl/N-ethyl adjacent to an activating group) is 1. The molecule has 1 N–H and O–H groups in total. The highest BCUT2D eigenvalue weighted by molar-refractivity contribution is 7.88. The minimum atomic E-state index is -3.51. The number of methoxy groups -OCH3 is 1. The number of carbonyl (C=O) groups is 1. The van der Waals surface area contributed by atoms with Crippen molar-refractivity contribution in [1.29, 1.82) is 0 Å². The smallest absolute Gasteiger partial charge is 0.242 e. The first-order valence-corrected chi connectivity index (χ1v) is 10.6. The van der Waals surface area contributed by atoms with Crippen LogP contribution < -0.4 is 10.1 Å². The third-order valence-corrected chi connectivity index (χ3v) is 5.61. The lowest BCUT2D eigenvalue weighted by atomic mass is 10.1. The number of carbonyl (C=O) groups excluding carboxylic acids is 1. The van der Waals surface area contributed by atoms with Gasteiger partial charge in [0.1, 0.15) is 11.8 Å². The van der Waals surface area contributed by atoms with Gasteiger partial charge in [-0.25, -0.2) is 8.42 Å². The van der Waals surface area contributed by atoms with Crippen LogP contribution in [0, 0.1) is 0 Å². The van der Waals surface area contributed by atoms with Crippen LogP contribution in [-0.2, 0) is 21.2 Å². The standard InChI is InChI=1S/C20H26N2O4S/c1-22(27(3,24)25)19(17-9-5-4-6-10-17)20(23)21-15-7-8-16-11-13-18(26-2)14-12-16/h4-6,9-14,19H,7-8,15H2,1-3H3,(H,21,23)/t19-/m0/s1. The Morgan fingerprint density at radius 1 is 1.11 bits per heavy atom. The molecule has 0 aliphatic carbocycles. The van der Waals surface area contributed by atoms with Crippen molar-refractivity contribution < 1.29 is 17.9 Å². The van der Waals surface area contributed by atoms with Crippen molar-refractivity contribution in [2.24, 2.45) is 0 Å². The maximum absolute atomic E-state index is 12.7. The molecule has 6 nitrogen and oxygen atoms in total. The molecule has 0 heterocycles. The predicted molar refractivity (Wildman–Crippen MR) is 106 cm³/mol. The summed E-state index contributed by atoms with van der Waals surface area (Å²) in [6.07, 6.45) is 2.66. The fraction of sp³-hybridized carbons (Fsp3) is 0.350. The molecule has 7 heteroatoms. The van der Waals surface area contributed by atoms with Crippen LogP contribution in [0.4, 0.5) is 0 Å². The van der Waals surface area contributed by atoms with Crippen molar-refractivity contribution in [1.82, 2.24) is 9.62 Å². The third-order valence-electron chi connectivity index (χ3n) is 4.35. The Bertz CT molecular complexity index is 836. The lowest BCUT2D eigenvalue weighted by Crippen LogP contribution is -2.41. The summed E-state index contributed by atoms with van der Waals surface area (Å²) < 4.78 is 30.1. The molecule has 1 atom stereocenters. The number of sulfonamides is 1. The number of nitrogens with one attached hydrogen (secondary N) is 1. The molecule has 0 aliphatic heterocycles. The van der Waals surface area contributed by atoms with Gasteiger partial charge in [-0.2, -0.15) is 4.31 Å². The van der Waals surface area contributed by atoms with Crippen molar-refractivity contribution in [2.75, 3.05) is 27.0 Å². The van der Waals surface area contributed by atoms with Crippen molar-refractivity contribution >= 4 is 15.9 Å². The molecule has 0 spiro atoms. The highest BCUT2D eigenvalue weighted by Gasteiger charge is 2.30. The van der Waals surface area contributed by atoms with Gasteiger partial charge in [0.2, 0.25) is 15.9 Å². The lowest BCUT2D eigenvalue weighted by Gasteiger charge is -2.25. The molecule has 2 aromatic rings. The van der Waals surface area contributed by atoms with Gasteiger partial charge in [0.25, 0.3) is 0 Å². The van der Waals surface area contributed by atoms with Crippen LogP contribution in [0.25, 0.3) is 0 Å². The summed E-state index contributed by atoms with van der Waals surface area (Å²) in [7, 11) is -0.468. The van der Waals surface area contributed by atoms with Gasteiger partial charge >= 0.3 is 0 Å². The van der Waals surface area contributed by atoms with Crippen LogP contribution in [0.3, 0.4) is 0 Å². The van der Waals surface area contributed by atoms with Gasteiger partial charge in [-0.05, 0) is 36.1 Å². The van der Waals surface area contributed by atoms with E-state index < -0.39 is 16.1 Å². The molecular formula is C20H26N2O4S. The number of rotatable bonds is 9. The molecular weight excluding hydrogens is 364 g/mol. The van der Waals surface area contributed by atoms with E-state index >= 15 is 0 Å². The Labute approximate surface area is 161 Å². The van der Waals surface area contributed by atoms with Crippen LogP contribution >= 0.6 is 0 Å². The quantitative estimate of drug-likeness (QED) is 0.667. The number of aryl methyl sites for hydroxylation is 1. The van der Waals surface area contributed by atoms with Gasteiger partial charge < -0.3 is 10.1 Å². The van der Waals surface area contributed by atoms with E-state index in [0.29, 0.717) is 12.1 Å². The van der Waals surface area contributed by atoms with E-state index in [0.717, 1.165) is 34.7 Å². The SMILES string of the molecule is COc1ccc(CCCNC(=O)[C@H](c2ccccc2)N(C)S(C)(=O)=O)cc1. The number of benzene rings is 2. The largest absolute Gasteiger partial charge is 0.497 e. The third kappa shape index (κ3) is 6.08. The molecule has 27 heavy (non-hydrogen) atoms. The second-order valence-electron chi connectivity index (χ2n) is 6.34. The van der Waals surface area contributed by atoms with E-state index in [-0.39, 0.29) is 5.91 Å². The minimum absolute atomic E-state index is 0.330. The van der Waals surface area contributed by atoms with E-state index in [1.807, 2.05) is 30.3 Å². The van der Waals surface area contributed by atoms with Crippen molar-refractivity contribution in [3.63, 3.8) is 0 Å². The van der Waals surface area contributed by atoms with Crippen LogP contribution in [0.15, 0.2) is 54.6 Å². The molecule has 0 bridgehead atoms. The second kappa shape index (κ2) is 9.53. The fourth-order valence-electron chi connectivity index (χ4n) is 2.75. The Kier molecular flexibility index (Phi) is 7.38. The summed E-state index contributed by atoms with van der Waals surface area (Å²) in [6, 6.07) is 15.8. The summed E-state index contributed by atoms with van der Waals surface area (Å²) in [6.45, 7) is 0.464. The maximum Gasteiger partial charge on any atom is 0.242 e. The first-order valence-electron chi connectivity index (χ1n) is 8.71. The Morgan fingerprint density at radius 3 is 2.30 bits per heavy atom. The first kappa shape index (κ1) is 20.9. The Balaban J connectivity index is 1.97. The summed E-state index contributed by atoms with van der Waals surface area (Å²) in [5.74, 6) is 0.477. The Hall–Kier alpha value is -2.38. The number of hydrogen-bond acceptors (Lipinski definition) is 4. The zero-order chi connectivity index (χ0) is 19.9. The van der Waals surface area contributed by atoms with Gasteiger partial charge in [0.15, 0.2) is 0 Å². The number of nitrogens with zero attached hydrogens (tertiary/aromatic N) is 1. The molecule has 0 saturated carbocycles. The fourth-order valence-corrected chi connectivity index (χ4v) is 3.35. The summed E-state index contributed by atoms with van der Waals surface area (Å²) >= 11 is 0. The van der Waals surface area contributed by atoms with E-state index in [2.05, 4.69) is 5.32 Å². The molecule has 2 aromatic carbocycles. The number of hydrogen-bond donors (Lipinski definition) is 1. The van der Waals surface area contributed by atoms with Gasteiger partial charge in [-0.15, -0.1) is 0 Å². The zero-order valence-corrected chi connectivity index (χ0v) is 16.7. The normalized spacial score (nSPS) is 12.6. The van der Waals surface area contributed by atoms with Crippen molar-refractivity contribution in [3.05, 3.63) is 65.7 Å². The summed E-state index contributed by atoms with van der Waals surface area (Å²) in [5, 5.41) is 2.86. The molecule has 0 aromatic heterocycles. The van der Waals surface area contributed by atoms with Gasteiger partial charge in [0.05, 0.1) is 13.4 Å². The van der Waals surface area contributed by atoms with Gasteiger partial charge in [-0.3, -0.25) is 4.79 Å². The number of amides is 1. The van der Waals surface area contributed by atoms with Crippen molar-refractivity contribution in [3.8, 4) is 5.75 Å². The number of ether oxygens (including phenoxy) is 1. The molecule has 0 saturated heterocycles. The maximum atomic E-state index is 12.7. The molecule has 0 fully saturated rings.